The average molecular weight is 328 g/mol. The van der Waals surface area contributed by atoms with Crippen LogP contribution in [0.15, 0.2) is 0 Å². The number of esters is 1. The highest BCUT2D eigenvalue weighted by Crippen LogP contribution is 2.25. The normalized spacial score (nSPS) is 13.1. The topological polar surface area (TPSA) is 52.3 Å². The van der Waals surface area contributed by atoms with Crippen LogP contribution in [-0.2, 0) is 9.53 Å². The molecule has 0 rings (SSSR count). The molecular formula is C20H41NO2. The maximum atomic E-state index is 11.7. The number of methoxy groups -OCH3 is 1. The van der Waals surface area contributed by atoms with Crippen LogP contribution in [0.25, 0.3) is 0 Å². The lowest BCUT2D eigenvalue weighted by atomic mass is 9.82. The van der Waals surface area contributed by atoms with Crippen molar-refractivity contribution in [2.45, 2.75) is 110 Å². The molecule has 0 saturated heterocycles. The van der Waals surface area contributed by atoms with Gasteiger partial charge in [-0.1, -0.05) is 84.0 Å². The van der Waals surface area contributed by atoms with Gasteiger partial charge in [0.1, 0.15) is 0 Å². The number of hydrogen-bond donors (Lipinski definition) is 1. The summed E-state index contributed by atoms with van der Waals surface area (Å²) in [6.45, 7) is 6.03. The third-order valence-electron chi connectivity index (χ3n) is 5.01. The van der Waals surface area contributed by atoms with Crippen LogP contribution in [-0.4, -0.2) is 19.1 Å². The van der Waals surface area contributed by atoms with Crippen LogP contribution in [0, 0.1) is 5.41 Å². The van der Waals surface area contributed by atoms with Gasteiger partial charge in [-0.2, -0.15) is 0 Å². The van der Waals surface area contributed by atoms with Crippen LogP contribution in [0.2, 0.25) is 0 Å². The van der Waals surface area contributed by atoms with Crippen molar-refractivity contribution in [1.29, 1.82) is 0 Å². The van der Waals surface area contributed by atoms with E-state index in [1.54, 1.807) is 0 Å². The van der Waals surface area contributed by atoms with Crippen molar-refractivity contribution in [3.63, 3.8) is 0 Å². The molecule has 2 N–H and O–H groups in total. The van der Waals surface area contributed by atoms with Crippen molar-refractivity contribution < 1.29 is 9.53 Å². The predicted octanol–water partition coefficient (Wildman–Crippen LogP) is 5.60. The Morgan fingerprint density at radius 2 is 1.26 bits per heavy atom. The lowest BCUT2D eigenvalue weighted by Gasteiger charge is -2.28. The summed E-state index contributed by atoms with van der Waals surface area (Å²) in [5.74, 6) is -0.205. The Labute approximate surface area is 144 Å². The smallest absolute Gasteiger partial charge is 0.312 e. The van der Waals surface area contributed by atoms with E-state index in [9.17, 15) is 4.79 Å². The molecule has 0 aromatic rings. The Kier molecular flexibility index (Phi) is 13.5. The number of hydrogen-bond acceptors (Lipinski definition) is 3. The number of rotatable bonds is 15. The van der Waals surface area contributed by atoms with Crippen LogP contribution in [0.1, 0.15) is 104 Å². The summed E-state index contributed by atoms with van der Waals surface area (Å²) in [6.07, 6.45) is 17.0. The van der Waals surface area contributed by atoms with Crippen molar-refractivity contribution in [3.05, 3.63) is 0 Å². The second-order valence-electron chi connectivity index (χ2n) is 7.50. The van der Waals surface area contributed by atoms with E-state index in [4.69, 9.17) is 10.5 Å². The quantitative estimate of drug-likeness (QED) is 0.314. The third-order valence-corrected chi connectivity index (χ3v) is 5.01. The highest BCUT2D eigenvalue weighted by atomic mass is 16.5. The zero-order chi connectivity index (χ0) is 17.6. The van der Waals surface area contributed by atoms with E-state index in [-0.39, 0.29) is 12.0 Å². The van der Waals surface area contributed by atoms with Gasteiger partial charge in [-0.25, -0.2) is 0 Å². The molecule has 0 aromatic heterocycles. The van der Waals surface area contributed by atoms with Crippen LogP contribution in [0.5, 0.6) is 0 Å². The van der Waals surface area contributed by atoms with Crippen LogP contribution < -0.4 is 5.73 Å². The Morgan fingerprint density at radius 1 is 0.870 bits per heavy atom. The van der Waals surface area contributed by atoms with E-state index in [0.29, 0.717) is 0 Å². The molecule has 1 unspecified atom stereocenters. The van der Waals surface area contributed by atoms with Gasteiger partial charge in [0, 0.05) is 6.04 Å². The van der Waals surface area contributed by atoms with Gasteiger partial charge in [0.25, 0.3) is 0 Å². The molecule has 0 radical (unpaired) electrons. The first-order valence-corrected chi connectivity index (χ1v) is 9.80. The average Bonchev–Trinajstić information content (AvgIpc) is 2.54. The van der Waals surface area contributed by atoms with E-state index < -0.39 is 5.41 Å². The molecule has 23 heavy (non-hydrogen) atoms. The first-order valence-electron chi connectivity index (χ1n) is 9.80. The van der Waals surface area contributed by atoms with Crippen molar-refractivity contribution in [2.24, 2.45) is 11.1 Å². The number of carbonyl (C=O) groups excluding carboxylic acids is 1. The van der Waals surface area contributed by atoms with Gasteiger partial charge >= 0.3 is 5.97 Å². The summed E-state index contributed by atoms with van der Waals surface area (Å²) in [5.41, 5.74) is 5.58. The van der Waals surface area contributed by atoms with Gasteiger partial charge in [-0.05, 0) is 20.3 Å². The van der Waals surface area contributed by atoms with Gasteiger partial charge in [-0.3, -0.25) is 4.79 Å². The van der Waals surface area contributed by atoms with Crippen LogP contribution in [0.3, 0.4) is 0 Å². The molecule has 0 bridgehead atoms. The number of carbonyl (C=O) groups is 1. The maximum absolute atomic E-state index is 11.7. The molecule has 0 amide bonds. The zero-order valence-electron chi connectivity index (χ0n) is 16.2. The van der Waals surface area contributed by atoms with Crippen molar-refractivity contribution in [1.82, 2.24) is 0 Å². The molecule has 0 fully saturated rings. The minimum atomic E-state index is -0.577. The molecule has 0 aliphatic heterocycles. The first-order chi connectivity index (χ1) is 11.0. The fourth-order valence-electron chi connectivity index (χ4n) is 2.98. The van der Waals surface area contributed by atoms with Gasteiger partial charge in [0.15, 0.2) is 0 Å². The van der Waals surface area contributed by atoms with Crippen LogP contribution in [0.4, 0.5) is 0 Å². The Hall–Kier alpha value is -0.570. The van der Waals surface area contributed by atoms with Crippen molar-refractivity contribution in [2.75, 3.05) is 7.11 Å². The molecule has 0 heterocycles. The van der Waals surface area contributed by atoms with Gasteiger partial charge in [0.2, 0.25) is 0 Å². The predicted molar refractivity (Wildman–Crippen MR) is 99.5 cm³/mol. The molecule has 138 valence electrons. The summed E-state index contributed by atoms with van der Waals surface area (Å²) in [7, 11) is 1.43. The maximum Gasteiger partial charge on any atom is 0.312 e. The van der Waals surface area contributed by atoms with Crippen molar-refractivity contribution >= 4 is 5.97 Å². The molecule has 0 aliphatic rings. The lowest BCUT2D eigenvalue weighted by Crippen LogP contribution is -2.43. The van der Waals surface area contributed by atoms with E-state index in [2.05, 4.69) is 6.92 Å². The molecule has 0 saturated carbocycles. The summed E-state index contributed by atoms with van der Waals surface area (Å²) < 4.78 is 4.83. The largest absolute Gasteiger partial charge is 0.469 e. The zero-order valence-corrected chi connectivity index (χ0v) is 16.2. The highest BCUT2D eigenvalue weighted by molar-refractivity contribution is 5.76. The second-order valence-corrected chi connectivity index (χ2v) is 7.50. The SMILES string of the molecule is CCCCCCCCCCCCCCC(N)C(C)(C)C(=O)OC. The first kappa shape index (κ1) is 22.4. The van der Waals surface area contributed by atoms with Crippen molar-refractivity contribution in [3.8, 4) is 0 Å². The molecule has 0 aromatic carbocycles. The lowest BCUT2D eigenvalue weighted by molar-refractivity contribution is -0.152. The Bertz CT molecular complexity index is 289. The molecule has 1 atom stereocenters. The summed E-state index contributed by atoms with van der Waals surface area (Å²) in [6, 6.07) is -0.113. The van der Waals surface area contributed by atoms with E-state index in [1.165, 1.54) is 77.7 Å². The minimum Gasteiger partial charge on any atom is -0.469 e. The fraction of sp³-hybridized carbons (Fsp3) is 0.950. The fourth-order valence-corrected chi connectivity index (χ4v) is 2.98. The van der Waals surface area contributed by atoms with E-state index in [0.717, 1.165) is 12.8 Å². The third kappa shape index (κ3) is 10.8. The molecule has 3 heteroatoms. The summed E-state index contributed by atoms with van der Waals surface area (Å²) >= 11 is 0. The van der Waals surface area contributed by atoms with Gasteiger partial charge in [-0.15, -0.1) is 0 Å². The van der Waals surface area contributed by atoms with E-state index in [1.807, 2.05) is 13.8 Å². The Balaban J connectivity index is 3.44. The summed E-state index contributed by atoms with van der Waals surface area (Å²) in [5, 5.41) is 0. The monoisotopic (exact) mass is 327 g/mol. The molecule has 0 aliphatic carbocycles. The standard InChI is InChI=1S/C20H41NO2/c1-5-6-7-8-9-10-11-12-13-14-15-16-17-18(21)20(2,3)19(22)23-4/h18H,5-17,21H2,1-4H3. The summed E-state index contributed by atoms with van der Waals surface area (Å²) in [4.78, 5) is 11.7. The van der Waals surface area contributed by atoms with Crippen LogP contribution >= 0.6 is 0 Å². The number of nitrogens with two attached hydrogens (primary N) is 1. The Morgan fingerprint density at radius 3 is 1.65 bits per heavy atom. The van der Waals surface area contributed by atoms with E-state index >= 15 is 0 Å². The molecular weight excluding hydrogens is 286 g/mol. The minimum absolute atomic E-state index is 0.113. The highest BCUT2D eigenvalue weighted by Gasteiger charge is 2.34. The number of unbranched alkanes of at least 4 members (excludes halogenated alkanes) is 11. The molecule has 3 nitrogen and oxygen atoms in total. The number of ether oxygens (including phenoxy) is 1. The van der Waals surface area contributed by atoms with Gasteiger partial charge in [0.05, 0.1) is 12.5 Å². The molecule has 0 spiro atoms. The second kappa shape index (κ2) is 13.8. The van der Waals surface area contributed by atoms with Gasteiger partial charge < -0.3 is 10.5 Å².